The molecule has 2 fully saturated rings. The van der Waals surface area contributed by atoms with E-state index in [4.69, 9.17) is 9.84 Å². The second kappa shape index (κ2) is 7.15. The van der Waals surface area contributed by atoms with Crippen LogP contribution in [0.3, 0.4) is 0 Å². The average Bonchev–Trinajstić information content (AvgIpc) is 3.34. The van der Waals surface area contributed by atoms with E-state index in [0.29, 0.717) is 18.1 Å². The van der Waals surface area contributed by atoms with E-state index >= 15 is 0 Å². The highest BCUT2D eigenvalue weighted by molar-refractivity contribution is 5.75. The number of aliphatic hydroxyl groups is 1. The summed E-state index contributed by atoms with van der Waals surface area (Å²) in [6.45, 7) is 1.79. The molecule has 1 saturated carbocycles. The van der Waals surface area contributed by atoms with Crippen LogP contribution in [0, 0.1) is 11.7 Å². The Balaban J connectivity index is 1.56. The molecule has 0 aromatic heterocycles. The number of ether oxygens (including phenoxy) is 1. The van der Waals surface area contributed by atoms with Crippen molar-refractivity contribution in [1.29, 1.82) is 0 Å². The van der Waals surface area contributed by atoms with Crippen molar-refractivity contribution in [2.45, 2.75) is 37.9 Å². The minimum absolute atomic E-state index is 0.118. The quantitative estimate of drug-likeness (QED) is 0.826. The van der Waals surface area contributed by atoms with Crippen molar-refractivity contribution >= 4 is 6.03 Å². The molecule has 1 aromatic carbocycles. The van der Waals surface area contributed by atoms with Gasteiger partial charge in [-0.2, -0.15) is 0 Å². The molecule has 1 saturated heterocycles. The number of alkyl halides is 1. The SMILES string of the molecule is CC(NC(=O)N1CCC(F)(CO)C1)c1ccc(OCC2CC2)c(F)c1. The third-order valence-corrected chi connectivity index (χ3v) is 4.84. The molecule has 1 aromatic rings. The molecule has 2 aliphatic rings. The van der Waals surface area contributed by atoms with E-state index in [9.17, 15) is 13.6 Å². The van der Waals surface area contributed by atoms with Gasteiger partial charge in [-0.05, 0) is 43.4 Å². The molecule has 2 unspecified atom stereocenters. The van der Waals surface area contributed by atoms with Crippen molar-refractivity contribution in [2.75, 3.05) is 26.3 Å². The van der Waals surface area contributed by atoms with Gasteiger partial charge in [0.1, 0.15) is 0 Å². The fraction of sp³-hybridized carbons (Fsp3) is 0.611. The fourth-order valence-corrected chi connectivity index (χ4v) is 2.89. The lowest BCUT2D eigenvalue weighted by atomic mass is 10.1. The Morgan fingerprint density at radius 1 is 1.52 bits per heavy atom. The smallest absolute Gasteiger partial charge is 0.317 e. The molecule has 1 aliphatic heterocycles. The average molecular weight is 354 g/mol. The van der Waals surface area contributed by atoms with E-state index in [-0.39, 0.29) is 25.3 Å². The zero-order valence-corrected chi connectivity index (χ0v) is 14.3. The first kappa shape index (κ1) is 17.9. The molecule has 25 heavy (non-hydrogen) atoms. The van der Waals surface area contributed by atoms with E-state index in [0.717, 1.165) is 12.8 Å². The van der Waals surface area contributed by atoms with Gasteiger partial charge in [0.25, 0.3) is 0 Å². The first-order valence-corrected chi connectivity index (χ1v) is 8.68. The molecule has 0 spiro atoms. The molecule has 0 radical (unpaired) electrons. The minimum atomic E-state index is -1.73. The highest BCUT2D eigenvalue weighted by Crippen LogP contribution is 2.31. The highest BCUT2D eigenvalue weighted by Gasteiger charge is 2.40. The molecule has 7 heteroatoms. The number of urea groups is 1. The summed E-state index contributed by atoms with van der Waals surface area (Å²) in [6.07, 6.45) is 2.39. The van der Waals surface area contributed by atoms with Gasteiger partial charge in [-0.1, -0.05) is 6.07 Å². The van der Waals surface area contributed by atoms with Crippen LogP contribution in [0.25, 0.3) is 0 Å². The second-order valence-corrected chi connectivity index (χ2v) is 7.10. The third-order valence-electron chi connectivity index (χ3n) is 4.84. The minimum Gasteiger partial charge on any atom is -0.490 e. The monoisotopic (exact) mass is 354 g/mol. The lowest BCUT2D eigenvalue weighted by Crippen LogP contribution is -2.42. The lowest BCUT2D eigenvalue weighted by Gasteiger charge is -2.22. The van der Waals surface area contributed by atoms with Gasteiger partial charge in [0, 0.05) is 13.0 Å². The van der Waals surface area contributed by atoms with E-state index in [2.05, 4.69) is 5.32 Å². The van der Waals surface area contributed by atoms with Crippen molar-refractivity contribution in [3.05, 3.63) is 29.6 Å². The van der Waals surface area contributed by atoms with Gasteiger partial charge < -0.3 is 20.1 Å². The van der Waals surface area contributed by atoms with Gasteiger partial charge in [0.2, 0.25) is 0 Å². The summed E-state index contributed by atoms with van der Waals surface area (Å²) in [7, 11) is 0. The van der Waals surface area contributed by atoms with Gasteiger partial charge in [0.15, 0.2) is 17.2 Å². The third kappa shape index (κ3) is 4.39. The maximum absolute atomic E-state index is 14.1. The summed E-state index contributed by atoms with van der Waals surface area (Å²) in [5, 5.41) is 11.8. The summed E-state index contributed by atoms with van der Waals surface area (Å²) in [4.78, 5) is 13.5. The number of hydrogen-bond acceptors (Lipinski definition) is 3. The fourth-order valence-electron chi connectivity index (χ4n) is 2.89. The number of likely N-dealkylation sites (tertiary alicyclic amines) is 1. The van der Waals surface area contributed by atoms with E-state index in [1.54, 1.807) is 19.1 Å². The molecular formula is C18H24F2N2O3. The number of nitrogens with zero attached hydrogens (tertiary/aromatic N) is 1. The maximum atomic E-state index is 14.1. The molecule has 2 atom stereocenters. The molecule has 2 N–H and O–H groups in total. The Hall–Kier alpha value is -1.89. The van der Waals surface area contributed by atoms with Crippen LogP contribution in [0.4, 0.5) is 13.6 Å². The van der Waals surface area contributed by atoms with Crippen LogP contribution in [-0.2, 0) is 0 Å². The molecule has 138 valence electrons. The summed E-state index contributed by atoms with van der Waals surface area (Å²) >= 11 is 0. The number of aliphatic hydroxyl groups excluding tert-OH is 1. The van der Waals surface area contributed by atoms with Crippen molar-refractivity contribution < 1.29 is 23.4 Å². The number of halogens is 2. The van der Waals surface area contributed by atoms with Crippen LogP contribution < -0.4 is 10.1 Å². The Kier molecular flexibility index (Phi) is 5.13. The summed E-state index contributed by atoms with van der Waals surface area (Å²) in [5.41, 5.74) is -1.12. The number of hydrogen-bond donors (Lipinski definition) is 2. The number of carbonyl (C=O) groups is 1. The zero-order valence-electron chi connectivity index (χ0n) is 14.3. The van der Waals surface area contributed by atoms with Crippen LogP contribution in [0.2, 0.25) is 0 Å². The number of benzene rings is 1. The van der Waals surface area contributed by atoms with Crippen molar-refractivity contribution in [3.63, 3.8) is 0 Å². The van der Waals surface area contributed by atoms with Gasteiger partial charge >= 0.3 is 6.03 Å². The van der Waals surface area contributed by atoms with Gasteiger partial charge in [0.05, 0.1) is 25.8 Å². The molecule has 3 rings (SSSR count). The van der Waals surface area contributed by atoms with Crippen molar-refractivity contribution in [1.82, 2.24) is 10.2 Å². The zero-order chi connectivity index (χ0) is 18.0. The van der Waals surface area contributed by atoms with Crippen molar-refractivity contribution in [3.8, 4) is 5.75 Å². The number of nitrogens with one attached hydrogen (secondary N) is 1. The molecule has 0 bridgehead atoms. The van der Waals surface area contributed by atoms with Crippen LogP contribution in [0.1, 0.15) is 37.8 Å². The second-order valence-electron chi connectivity index (χ2n) is 7.10. The summed E-state index contributed by atoms with van der Waals surface area (Å²) in [5.74, 6) is 0.307. The van der Waals surface area contributed by atoms with Crippen LogP contribution in [0.5, 0.6) is 5.75 Å². The highest BCUT2D eigenvalue weighted by atomic mass is 19.1. The number of amides is 2. The Bertz CT molecular complexity index is 639. The Morgan fingerprint density at radius 2 is 2.28 bits per heavy atom. The van der Waals surface area contributed by atoms with E-state index in [1.165, 1.54) is 11.0 Å². The topological polar surface area (TPSA) is 61.8 Å². The van der Waals surface area contributed by atoms with Crippen molar-refractivity contribution in [2.24, 2.45) is 5.92 Å². The molecule has 1 aliphatic carbocycles. The van der Waals surface area contributed by atoms with E-state index < -0.39 is 30.2 Å². The first-order chi connectivity index (χ1) is 11.9. The predicted molar refractivity (Wildman–Crippen MR) is 88.7 cm³/mol. The standard InChI is InChI=1S/C18H24F2N2O3/c1-12(21-17(24)22-7-6-18(20,10-22)11-23)14-4-5-16(15(19)8-14)25-9-13-2-3-13/h4-5,8,12-13,23H,2-3,6-7,9-11H2,1H3,(H,21,24). The molecule has 5 nitrogen and oxygen atoms in total. The van der Waals surface area contributed by atoms with Crippen LogP contribution in [0.15, 0.2) is 18.2 Å². The molecule has 2 amide bonds. The molecule has 1 heterocycles. The largest absolute Gasteiger partial charge is 0.490 e. The van der Waals surface area contributed by atoms with Crippen LogP contribution in [-0.4, -0.2) is 48.0 Å². The predicted octanol–water partition coefficient (Wildman–Crippen LogP) is 2.79. The summed E-state index contributed by atoms with van der Waals surface area (Å²) < 4.78 is 33.6. The van der Waals surface area contributed by atoms with E-state index in [1.807, 2.05) is 0 Å². The Labute approximate surface area is 146 Å². The molecular weight excluding hydrogens is 330 g/mol. The lowest BCUT2D eigenvalue weighted by molar-refractivity contribution is 0.0804. The normalized spacial score (nSPS) is 24.2. The number of rotatable bonds is 6. The Morgan fingerprint density at radius 3 is 2.88 bits per heavy atom. The number of carbonyl (C=O) groups excluding carboxylic acids is 1. The van der Waals surface area contributed by atoms with Crippen LogP contribution >= 0.6 is 0 Å². The van der Waals surface area contributed by atoms with Gasteiger partial charge in [-0.25, -0.2) is 13.6 Å². The first-order valence-electron chi connectivity index (χ1n) is 8.68. The maximum Gasteiger partial charge on any atom is 0.317 e. The van der Waals surface area contributed by atoms with Gasteiger partial charge in [-0.15, -0.1) is 0 Å². The van der Waals surface area contributed by atoms with Gasteiger partial charge in [-0.3, -0.25) is 0 Å². The summed E-state index contributed by atoms with van der Waals surface area (Å²) in [6, 6.07) is 3.79.